The number of carbonyl (C=O) groups is 2. The van der Waals surface area contributed by atoms with Crippen LogP contribution < -0.4 is 16.0 Å². The first-order valence-electron chi connectivity index (χ1n) is 11.9. The molecule has 7 heteroatoms. The molecule has 2 aromatic rings. The lowest BCUT2D eigenvalue weighted by Gasteiger charge is -2.54. The molecule has 4 bridgehead atoms. The Kier molecular flexibility index (Phi) is 4.74. The summed E-state index contributed by atoms with van der Waals surface area (Å²) < 4.78 is 1.74. The number of hydrogen-bond acceptors (Lipinski definition) is 4. The number of rotatable bonds is 5. The summed E-state index contributed by atoms with van der Waals surface area (Å²) >= 11 is 0. The number of pyridine rings is 1. The van der Waals surface area contributed by atoms with E-state index in [1.165, 1.54) is 32.1 Å². The summed E-state index contributed by atoms with van der Waals surface area (Å²) in [6, 6.07) is 5.62. The van der Waals surface area contributed by atoms with Gasteiger partial charge in [-0.1, -0.05) is 6.07 Å². The minimum atomic E-state index is -0.183. The van der Waals surface area contributed by atoms with Crippen molar-refractivity contribution in [2.75, 3.05) is 19.6 Å². The van der Waals surface area contributed by atoms with Crippen molar-refractivity contribution in [3.05, 3.63) is 35.8 Å². The van der Waals surface area contributed by atoms with E-state index < -0.39 is 0 Å². The summed E-state index contributed by atoms with van der Waals surface area (Å²) in [5, 5.41) is 9.49. The van der Waals surface area contributed by atoms with Crippen LogP contribution in [-0.2, 0) is 0 Å². The first-order valence-corrected chi connectivity index (χ1v) is 11.9. The van der Waals surface area contributed by atoms with Crippen molar-refractivity contribution >= 4 is 17.5 Å². The zero-order chi connectivity index (χ0) is 20.9. The molecule has 1 aliphatic heterocycles. The maximum atomic E-state index is 13.1. The minimum absolute atomic E-state index is 0.0799. The smallest absolute Gasteiger partial charge is 0.271 e. The van der Waals surface area contributed by atoms with E-state index in [0.29, 0.717) is 23.0 Å². The Bertz CT molecular complexity index is 981. The predicted octanol–water partition coefficient (Wildman–Crippen LogP) is 2.23. The molecule has 0 spiro atoms. The van der Waals surface area contributed by atoms with Crippen LogP contribution >= 0.6 is 0 Å². The van der Waals surface area contributed by atoms with Crippen molar-refractivity contribution in [2.24, 2.45) is 29.6 Å². The molecule has 31 heavy (non-hydrogen) atoms. The first kappa shape index (κ1) is 19.3. The van der Waals surface area contributed by atoms with E-state index in [-0.39, 0.29) is 17.9 Å². The summed E-state index contributed by atoms with van der Waals surface area (Å²) in [5.74, 6) is 3.83. The van der Waals surface area contributed by atoms with E-state index in [1.54, 1.807) is 10.6 Å². The molecule has 7 rings (SSSR count). The number of nitrogens with zero attached hydrogens (tertiary/aromatic N) is 2. The topological polar surface area (TPSA) is 87.5 Å². The average Bonchev–Trinajstić information content (AvgIpc) is 3.42. The van der Waals surface area contributed by atoms with E-state index in [0.717, 1.165) is 49.7 Å². The molecule has 5 aliphatic rings. The lowest BCUT2D eigenvalue weighted by Crippen LogP contribution is -2.49. The summed E-state index contributed by atoms with van der Waals surface area (Å²) in [5.41, 5.74) is 1.51. The van der Waals surface area contributed by atoms with Crippen LogP contribution in [0.2, 0.25) is 0 Å². The largest absolute Gasteiger partial charge is 0.350 e. The number of imidazole rings is 1. The van der Waals surface area contributed by atoms with E-state index in [2.05, 4.69) is 20.9 Å². The molecule has 2 aromatic heterocycles. The van der Waals surface area contributed by atoms with E-state index in [4.69, 9.17) is 0 Å². The Morgan fingerprint density at radius 3 is 2.55 bits per heavy atom. The van der Waals surface area contributed by atoms with E-state index in [9.17, 15) is 9.59 Å². The van der Waals surface area contributed by atoms with E-state index in [1.807, 2.05) is 18.2 Å². The van der Waals surface area contributed by atoms with Gasteiger partial charge in [0.15, 0.2) is 0 Å². The lowest BCUT2D eigenvalue weighted by atomic mass is 9.52. The molecule has 3 N–H and O–H groups in total. The molecule has 0 aromatic carbocycles. The molecule has 4 saturated carbocycles. The molecule has 0 radical (unpaired) electrons. The van der Waals surface area contributed by atoms with Crippen LogP contribution in [0.4, 0.5) is 0 Å². The molecular formula is C24H31N5O2. The third-order valence-electron chi connectivity index (χ3n) is 8.27. The van der Waals surface area contributed by atoms with Crippen LogP contribution in [0.25, 0.3) is 5.65 Å². The van der Waals surface area contributed by atoms with Crippen molar-refractivity contribution in [1.82, 2.24) is 25.3 Å². The number of amides is 2. The number of fused-ring (bicyclic) bond motifs is 1. The molecular weight excluding hydrogens is 390 g/mol. The lowest BCUT2D eigenvalue weighted by molar-refractivity contribution is -0.0347. The highest BCUT2D eigenvalue weighted by Gasteiger charge is 2.47. The number of hydrogen-bond donors (Lipinski definition) is 3. The molecule has 1 unspecified atom stereocenters. The fourth-order valence-electron chi connectivity index (χ4n) is 7.01. The molecule has 164 valence electrons. The van der Waals surface area contributed by atoms with Crippen molar-refractivity contribution in [1.29, 1.82) is 0 Å². The van der Waals surface area contributed by atoms with Gasteiger partial charge in [-0.25, -0.2) is 4.98 Å². The van der Waals surface area contributed by atoms with Gasteiger partial charge in [0.2, 0.25) is 0 Å². The van der Waals surface area contributed by atoms with Gasteiger partial charge in [0.25, 0.3) is 11.8 Å². The summed E-state index contributed by atoms with van der Waals surface area (Å²) in [4.78, 5) is 30.2. The zero-order valence-corrected chi connectivity index (χ0v) is 17.8. The maximum Gasteiger partial charge on any atom is 0.271 e. The molecule has 4 aliphatic carbocycles. The Labute approximate surface area is 182 Å². The summed E-state index contributed by atoms with van der Waals surface area (Å²) in [6.45, 7) is 2.47. The molecule has 2 amide bonds. The SMILES string of the molecule is O=C(NC1CCNC1)c1cn2c(C(=O)NCC3C4CC5CC(C4)CC3C5)cccc2n1. The fourth-order valence-corrected chi connectivity index (χ4v) is 7.01. The van der Waals surface area contributed by atoms with Gasteiger partial charge in [0.05, 0.1) is 0 Å². The normalized spacial score (nSPS) is 33.7. The molecule has 1 saturated heterocycles. The maximum absolute atomic E-state index is 13.1. The van der Waals surface area contributed by atoms with Crippen LogP contribution in [0, 0.1) is 29.6 Å². The van der Waals surface area contributed by atoms with Gasteiger partial charge in [-0.3, -0.25) is 14.0 Å². The highest BCUT2D eigenvalue weighted by Crippen LogP contribution is 2.56. The zero-order valence-electron chi connectivity index (χ0n) is 17.8. The number of nitrogens with one attached hydrogen (secondary N) is 3. The van der Waals surface area contributed by atoms with Crippen LogP contribution in [0.15, 0.2) is 24.4 Å². The van der Waals surface area contributed by atoms with Gasteiger partial charge in [0.1, 0.15) is 17.0 Å². The third-order valence-corrected chi connectivity index (χ3v) is 8.27. The van der Waals surface area contributed by atoms with E-state index >= 15 is 0 Å². The van der Waals surface area contributed by atoms with Gasteiger partial charge in [-0.05, 0) is 86.8 Å². The van der Waals surface area contributed by atoms with Crippen molar-refractivity contribution in [3.8, 4) is 0 Å². The number of carbonyl (C=O) groups excluding carboxylic acids is 2. The Morgan fingerprint density at radius 2 is 1.84 bits per heavy atom. The van der Waals surface area contributed by atoms with Gasteiger partial charge >= 0.3 is 0 Å². The highest BCUT2D eigenvalue weighted by atomic mass is 16.2. The van der Waals surface area contributed by atoms with Gasteiger partial charge in [-0.15, -0.1) is 0 Å². The van der Waals surface area contributed by atoms with Gasteiger partial charge in [-0.2, -0.15) is 0 Å². The molecule has 5 fully saturated rings. The second kappa shape index (κ2) is 7.62. The van der Waals surface area contributed by atoms with Crippen LogP contribution in [0.1, 0.15) is 59.5 Å². The van der Waals surface area contributed by atoms with Crippen molar-refractivity contribution < 1.29 is 9.59 Å². The second-order valence-electron chi connectivity index (χ2n) is 10.2. The average molecular weight is 422 g/mol. The molecule has 3 heterocycles. The second-order valence-corrected chi connectivity index (χ2v) is 10.2. The Balaban J connectivity index is 1.16. The summed E-state index contributed by atoms with van der Waals surface area (Å²) in [6.07, 6.45) is 9.50. The van der Waals surface area contributed by atoms with Gasteiger partial charge in [0, 0.05) is 25.3 Å². The molecule has 1 atom stereocenters. The molecule has 7 nitrogen and oxygen atoms in total. The fraction of sp³-hybridized carbons (Fsp3) is 0.625. The minimum Gasteiger partial charge on any atom is -0.350 e. The third kappa shape index (κ3) is 3.53. The standard InChI is InChI=1S/C24H31N5O2/c30-23(27-18-4-5-25-11-18)20-13-29-21(2-1-3-22(29)28-20)24(31)26-12-19-16-7-14-6-15(9-16)10-17(19)8-14/h1-3,13-19,25H,4-12H2,(H,26,31)(H,27,30). The first-order chi connectivity index (χ1) is 15.1. The van der Waals surface area contributed by atoms with Crippen LogP contribution in [0.5, 0.6) is 0 Å². The highest BCUT2D eigenvalue weighted by molar-refractivity contribution is 5.95. The van der Waals surface area contributed by atoms with Crippen LogP contribution in [0.3, 0.4) is 0 Å². The van der Waals surface area contributed by atoms with Crippen LogP contribution in [-0.4, -0.2) is 46.9 Å². The summed E-state index contributed by atoms with van der Waals surface area (Å²) in [7, 11) is 0. The van der Waals surface area contributed by atoms with Crippen molar-refractivity contribution in [2.45, 2.75) is 44.6 Å². The Hall–Kier alpha value is -2.41. The van der Waals surface area contributed by atoms with Gasteiger partial charge < -0.3 is 16.0 Å². The quantitative estimate of drug-likeness (QED) is 0.691. The Morgan fingerprint density at radius 1 is 1.06 bits per heavy atom. The predicted molar refractivity (Wildman–Crippen MR) is 117 cm³/mol. The monoisotopic (exact) mass is 421 g/mol. The number of aromatic nitrogens is 2. The van der Waals surface area contributed by atoms with Crippen molar-refractivity contribution in [3.63, 3.8) is 0 Å².